The van der Waals surface area contributed by atoms with Crippen LogP contribution in [0.5, 0.6) is 0 Å². The molecule has 2 aromatic carbocycles. The Labute approximate surface area is 129 Å². The minimum absolute atomic E-state index is 0.218. The fourth-order valence-electron chi connectivity index (χ4n) is 2.09. The van der Waals surface area contributed by atoms with Gasteiger partial charge in [-0.25, -0.2) is 4.79 Å². The second-order valence-corrected chi connectivity index (χ2v) is 5.39. The van der Waals surface area contributed by atoms with Crippen LogP contribution >= 0.6 is 0 Å². The molecular formula is C18H18O4. The average Bonchev–Trinajstić information content (AvgIpc) is 3.35. The molecule has 0 bridgehead atoms. The highest BCUT2D eigenvalue weighted by Crippen LogP contribution is 2.28. The van der Waals surface area contributed by atoms with E-state index in [-0.39, 0.29) is 12.6 Å². The molecule has 2 aromatic rings. The van der Waals surface area contributed by atoms with E-state index in [2.05, 4.69) is 0 Å². The molecule has 1 aliphatic heterocycles. The minimum Gasteiger partial charge on any atom is -0.459 e. The van der Waals surface area contributed by atoms with Crippen LogP contribution in [0.15, 0.2) is 60.7 Å². The summed E-state index contributed by atoms with van der Waals surface area (Å²) in [6.45, 7) is 1.72. The smallest absolute Gasteiger partial charge is 0.338 e. The van der Waals surface area contributed by atoms with E-state index in [0.29, 0.717) is 25.4 Å². The highest BCUT2D eigenvalue weighted by atomic mass is 16.6. The summed E-state index contributed by atoms with van der Waals surface area (Å²) in [5, 5.41) is 0. The maximum Gasteiger partial charge on any atom is 0.338 e. The summed E-state index contributed by atoms with van der Waals surface area (Å²) >= 11 is 0. The zero-order valence-electron chi connectivity index (χ0n) is 12.2. The largest absolute Gasteiger partial charge is 0.459 e. The van der Waals surface area contributed by atoms with E-state index in [1.54, 1.807) is 12.1 Å². The van der Waals surface area contributed by atoms with Gasteiger partial charge < -0.3 is 14.2 Å². The fourth-order valence-corrected chi connectivity index (χ4v) is 2.09. The third-order valence-electron chi connectivity index (χ3n) is 3.51. The Morgan fingerprint density at radius 3 is 2.27 bits per heavy atom. The van der Waals surface area contributed by atoms with E-state index in [9.17, 15) is 4.79 Å². The van der Waals surface area contributed by atoms with Gasteiger partial charge in [0.25, 0.3) is 0 Å². The number of rotatable bonds is 7. The molecule has 3 rings (SSSR count). The van der Waals surface area contributed by atoms with E-state index in [1.165, 1.54) is 0 Å². The molecule has 0 aliphatic carbocycles. The Kier molecular flexibility index (Phi) is 4.51. The Balaban J connectivity index is 1.43. The monoisotopic (exact) mass is 298 g/mol. The zero-order chi connectivity index (χ0) is 15.3. The number of benzene rings is 2. The average molecular weight is 298 g/mol. The van der Waals surface area contributed by atoms with Crippen LogP contribution in [0.1, 0.15) is 15.9 Å². The first-order valence-corrected chi connectivity index (χ1v) is 7.25. The van der Waals surface area contributed by atoms with Crippen LogP contribution in [0.25, 0.3) is 0 Å². The maximum atomic E-state index is 11.9. The quantitative estimate of drug-likeness (QED) is 0.582. The lowest BCUT2D eigenvalue weighted by Gasteiger charge is -2.13. The number of carbonyl (C=O) groups is 1. The summed E-state index contributed by atoms with van der Waals surface area (Å²) in [7, 11) is 0. The van der Waals surface area contributed by atoms with Gasteiger partial charge in [-0.2, -0.15) is 0 Å². The maximum absolute atomic E-state index is 11.9. The van der Waals surface area contributed by atoms with Crippen molar-refractivity contribution in [2.75, 3.05) is 19.8 Å². The Hall–Kier alpha value is -2.17. The van der Waals surface area contributed by atoms with Crippen molar-refractivity contribution in [1.82, 2.24) is 0 Å². The van der Waals surface area contributed by atoms with Crippen LogP contribution < -0.4 is 0 Å². The normalized spacial score (nSPS) is 19.6. The molecule has 0 radical (unpaired) electrons. The number of hydrogen-bond acceptors (Lipinski definition) is 4. The number of hydrogen-bond donors (Lipinski definition) is 0. The third-order valence-corrected chi connectivity index (χ3v) is 3.51. The fraction of sp³-hybridized carbons (Fsp3) is 0.278. The van der Waals surface area contributed by atoms with Gasteiger partial charge in [-0.3, -0.25) is 0 Å². The molecule has 1 aliphatic rings. The highest BCUT2D eigenvalue weighted by Gasteiger charge is 2.46. The van der Waals surface area contributed by atoms with Crippen LogP contribution in [0.3, 0.4) is 0 Å². The summed E-state index contributed by atoms with van der Waals surface area (Å²) < 4.78 is 16.4. The van der Waals surface area contributed by atoms with Crippen LogP contribution in [0.2, 0.25) is 0 Å². The summed E-state index contributed by atoms with van der Waals surface area (Å²) in [5.41, 5.74) is 1.18. The molecule has 0 amide bonds. The van der Waals surface area contributed by atoms with Crippen molar-refractivity contribution in [3.8, 4) is 0 Å². The second-order valence-electron chi connectivity index (χ2n) is 5.39. The molecule has 1 heterocycles. The van der Waals surface area contributed by atoms with Crippen LogP contribution in [-0.2, 0) is 20.8 Å². The molecular weight excluding hydrogens is 280 g/mol. The molecule has 0 N–H and O–H groups in total. The molecule has 0 aromatic heterocycles. The van der Waals surface area contributed by atoms with Crippen molar-refractivity contribution in [1.29, 1.82) is 0 Å². The van der Waals surface area contributed by atoms with E-state index >= 15 is 0 Å². The third kappa shape index (κ3) is 3.93. The second kappa shape index (κ2) is 6.73. The lowest BCUT2D eigenvalue weighted by atomic mass is 10.2. The molecule has 1 saturated heterocycles. The van der Waals surface area contributed by atoms with Gasteiger partial charge in [0.05, 0.1) is 25.4 Å². The van der Waals surface area contributed by atoms with Crippen molar-refractivity contribution in [3.05, 3.63) is 71.8 Å². The van der Waals surface area contributed by atoms with Gasteiger partial charge in [-0.15, -0.1) is 0 Å². The molecule has 114 valence electrons. The van der Waals surface area contributed by atoms with Gasteiger partial charge in [0.2, 0.25) is 0 Å². The first-order valence-electron chi connectivity index (χ1n) is 7.25. The topological polar surface area (TPSA) is 48.1 Å². The van der Waals surface area contributed by atoms with Crippen molar-refractivity contribution in [2.45, 2.75) is 12.2 Å². The number of ether oxygens (including phenoxy) is 3. The summed E-state index contributed by atoms with van der Waals surface area (Å²) in [6, 6.07) is 18.9. The van der Waals surface area contributed by atoms with E-state index < -0.39 is 5.60 Å². The number of carbonyl (C=O) groups excluding carboxylic acids is 1. The standard InChI is InChI=1S/C18H18O4/c19-17(16-9-5-2-6-10-16)21-13-18(14-22-18)12-20-11-15-7-3-1-4-8-15/h1-10H,11-14H2. The lowest BCUT2D eigenvalue weighted by Crippen LogP contribution is -2.27. The van der Waals surface area contributed by atoms with Crippen LogP contribution in [-0.4, -0.2) is 31.4 Å². The lowest BCUT2D eigenvalue weighted by molar-refractivity contribution is 0.0139. The van der Waals surface area contributed by atoms with Gasteiger partial charge in [0, 0.05) is 0 Å². The molecule has 22 heavy (non-hydrogen) atoms. The Morgan fingerprint density at radius 1 is 1.00 bits per heavy atom. The zero-order valence-corrected chi connectivity index (χ0v) is 12.2. The number of esters is 1. The van der Waals surface area contributed by atoms with E-state index in [4.69, 9.17) is 14.2 Å². The van der Waals surface area contributed by atoms with Gasteiger partial charge in [-0.05, 0) is 17.7 Å². The molecule has 0 spiro atoms. The predicted molar refractivity (Wildman–Crippen MR) is 81.5 cm³/mol. The molecule has 1 unspecified atom stereocenters. The van der Waals surface area contributed by atoms with Crippen LogP contribution in [0, 0.1) is 0 Å². The van der Waals surface area contributed by atoms with Crippen LogP contribution in [0.4, 0.5) is 0 Å². The predicted octanol–water partition coefficient (Wildman–Crippen LogP) is 2.83. The molecule has 4 nitrogen and oxygen atoms in total. The first kappa shape index (κ1) is 14.8. The van der Waals surface area contributed by atoms with E-state index in [0.717, 1.165) is 5.56 Å². The summed E-state index contributed by atoms with van der Waals surface area (Å²) in [4.78, 5) is 11.9. The first-order chi connectivity index (χ1) is 10.8. The van der Waals surface area contributed by atoms with Gasteiger partial charge >= 0.3 is 5.97 Å². The Bertz CT molecular complexity index is 605. The van der Waals surface area contributed by atoms with Crippen molar-refractivity contribution >= 4 is 5.97 Å². The van der Waals surface area contributed by atoms with E-state index in [1.807, 2.05) is 48.5 Å². The highest BCUT2D eigenvalue weighted by molar-refractivity contribution is 5.89. The molecule has 1 atom stereocenters. The SMILES string of the molecule is O=C(OCC1(COCc2ccccc2)CO1)c1ccccc1. The van der Waals surface area contributed by atoms with Gasteiger partial charge in [0.15, 0.2) is 0 Å². The molecule has 4 heteroatoms. The van der Waals surface area contributed by atoms with Crippen molar-refractivity contribution in [2.24, 2.45) is 0 Å². The molecule has 0 saturated carbocycles. The van der Waals surface area contributed by atoms with Gasteiger partial charge in [-0.1, -0.05) is 48.5 Å². The van der Waals surface area contributed by atoms with Crippen molar-refractivity contribution < 1.29 is 19.0 Å². The summed E-state index contributed by atoms with van der Waals surface area (Å²) in [5.74, 6) is -0.335. The molecule has 1 fully saturated rings. The number of epoxide rings is 1. The minimum atomic E-state index is -0.473. The van der Waals surface area contributed by atoms with Gasteiger partial charge in [0.1, 0.15) is 12.2 Å². The Morgan fingerprint density at radius 2 is 1.64 bits per heavy atom. The summed E-state index contributed by atoms with van der Waals surface area (Å²) in [6.07, 6.45) is 0. The van der Waals surface area contributed by atoms with Crippen molar-refractivity contribution in [3.63, 3.8) is 0 Å².